The van der Waals surface area contributed by atoms with Crippen LogP contribution >= 0.6 is 0 Å². The maximum Gasteiger partial charge on any atom is 0.435 e. The lowest BCUT2D eigenvalue weighted by atomic mass is 9.56. The monoisotopic (exact) mass is 662 g/mol. The van der Waals surface area contributed by atoms with Crippen LogP contribution in [0.2, 0.25) is 0 Å². The molecule has 4 bridgehead atoms. The zero-order valence-electron chi connectivity index (χ0n) is 29.3. The van der Waals surface area contributed by atoms with Gasteiger partial charge in [-0.25, -0.2) is 24.3 Å². The Bertz CT molecular complexity index is 1280. The van der Waals surface area contributed by atoms with Gasteiger partial charge in [-0.2, -0.15) is 0 Å². The van der Waals surface area contributed by atoms with Gasteiger partial charge in [-0.3, -0.25) is 4.84 Å². The molecule has 16 atom stereocenters. The minimum absolute atomic E-state index is 0.0151. The molecule has 1 amide bonds. The molecule has 8 aliphatic heterocycles. The number of ether oxygens (including phenoxy) is 4. The van der Waals surface area contributed by atoms with Crippen LogP contribution in [-0.2, 0) is 43.3 Å². The van der Waals surface area contributed by atoms with Gasteiger partial charge in [-0.1, -0.05) is 32.9 Å². The number of rotatable bonds is 4. The number of carbonyl (C=O) groups is 1. The third-order valence-corrected chi connectivity index (χ3v) is 13.8. The number of oxime groups is 1. The van der Waals surface area contributed by atoms with Gasteiger partial charge in [0, 0.05) is 45.2 Å². The van der Waals surface area contributed by atoms with Crippen molar-refractivity contribution in [2.45, 2.75) is 147 Å². The van der Waals surface area contributed by atoms with E-state index in [-0.39, 0.29) is 41.6 Å². The van der Waals surface area contributed by atoms with Gasteiger partial charge in [0.15, 0.2) is 23.8 Å². The number of amides is 1. The Balaban J connectivity index is 1.13. The lowest BCUT2D eigenvalue weighted by Gasteiger charge is -2.61. The van der Waals surface area contributed by atoms with Crippen LogP contribution < -0.4 is 0 Å². The highest BCUT2D eigenvalue weighted by molar-refractivity contribution is 5.90. The lowest BCUT2D eigenvalue weighted by molar-refractivity contribution is -0.571. The Hall–Kier alpha value is -1.38. The van der Waals surface area contributed by atoms with Gasteiger partial charge < -0.3 is 23.8 Å². The van der Waals surface area contributed by atoms with Crippen molar-refractivity contribution in [2.75, 3.05) is 14.1 Å². The van der Waals surface area contributed by atoms with Gasteiger partial charge in [0.2, 0.25) is 11.6 Å². The fourth-order valence-electron chi connectivity index (χ4n) is 11.1. The maximum atomic E-state index is 12.7. The fourth-order valence-corrected chi connectivity index (χ4v) is 11.1. The molecule has 0 radical (unpaired) electrons. The first-order chi connectivity index (χ1) is 22.3. The van der Waals surface area contributed by atoms with Gasteiger partial charge in [-0.15, -0.1) is 0 Å². The molecule has 0 N–H and O–H groups in total. The van der Waals surface area contributed by atoms with Crippen molar-refractivity contribution in [1.82, 2.24) is 4.90 Å². The summed E-state index contributed by atoms with van der Waals surface area (Å²) in [7, 11) is 3.29. The largest absolute Gasteiger partial charge is 0.435 e. The summed E-state index contributed by atoms with van der Waals surface area (Å²) in [5.74, 6) is 0.0490. The Morgan fingerprint density at radius 1 is 0.723 bits per heavy atom. The third kappa shape index (κ3) is 4.82. The first-order valence-corrected chi connectivity index (χ1v) is 18.2. The predicted molar refractivity (Wildman–Crippen MR) is 166 cm³/mol. The van der Waals surface area contributed by atoms with Crippen LogP contribution in [0.15, 0.2) is 5.16 Å². The van der Waals surface area contributed by atoms with Crippen LogP contribution in [0.1, 0.15) is 99.3 Å². The van der Waals surface area contributed by atoms with Crippen LogP contribution in [0.4, 0.5) is 4.79 Å². The number of fused-ring (bicyclic) bond motifs is 4. The molecular formula is C35H54N2O10. The minimum atomic E-state index is -0.893. The van der Waals surface area contributed by atoms with Gasteiger partial charge in [0.25, 0.3) is 0 Å². The van der Waals surface area contributed by atoms with Crippen LogP contribution in [0.3, 0.4) is 0 Å². The molecule has 264 valence electrons. The summed E-state index contributed by atoms with van der Waals surface area (Å²) < 4.78 is 27.2. The van der Waals surface area contributed by atoms with Crippen molar-refractivity contribution in [1.29, 1.82) is 0 Å². The zero-order chi connectivity index (χ0) is 33.1. The minimum Gasteiger partial charge on any atom is -0.345 e. The van der Waals surface area contributed by atoms with E-state index in [2.05, 4.69) is 32.9 Å². The molecule has 10 aliphatic rings. The molecule has 0 aromatic carbocycles. The molecule has 12 nitrogen and oxygen atoms in total. The second kappa shape index (κ2) is 11.3. The molecule has 0 aromatic heterocycles. The summed E-state index contributed by atoms with van der Waals surface area (Å²) >= 11 is 0. The molecule has 2 aliphatic carbocycles. The van der Waals surface area contributed by atoms with Gasteiger partial charge >= 0.3 is 6.09 Å². The van der Waals surface area contributed by atoms with Gasteiger partial charge in [0.05, 0.1) is 11.8 Å². The smallest absolute Gasteiger partial charge is 0.345 e. The summed E-state index contributed by atoms with van der Waals surface area (Å²) in [6.45, 7) is 12.9. The van der Waals surface area contributed by atoms with Crippen LogP contribution in [0, 0.1) is 47.3 Å². The SMILES string of the molecule is C[C@H]1[C@@H](/C(C[C@H]2O[C@@H]3O[C@@]4(C)CC[C@H]5[C@H](C)CC[C@@H]([C@H]2C)[C@@]35OO4)=N\OC(=O)N(C)C)O[C@@H]2O[C@@]3(C)CC[C@H]4[C@H](C)CC[C@@H]1[C@@]24OO3. The summed E-state index contributed by atoms with van der Waals surface area (Å²) in [6, 6.07) is 0. The molecule has 8 saturated heterocycles. The third-order valence-electron chi connectivity index (χ3n) is 13.8. The predicted octanol–water partition coefficient (Wildman–Crippen LogP) is 5.93. The first kappa shape index (κ1) is 32.8. The van der Waals surface area contributed by atoms with Crippen molar-refractivity contribution in [3.63, 3.8) is 0 Å². The molecule has 0 aromatic rings. The van der Waals surface area contributed by atoms with Gasteiger partial charge in [0.1, 0.15) is 6.10 Å². The summed E-state index contributed by atoms with van der Waals surface area (Å²) in [6.07, 6.45) is 5.45. The average Bonchev–Trinajstić information content (AvgIpc) is 3.41. The van der Waals surface area contributed by atoms with Crippen molar-refractivity contribution in [3.8, 4) is 0 Å². The highest BCUT2D eigenvalue weighted by atomic mass is 17.3. The van der Waals surface area contributed by atoms with Crippen LogP contribution in [-0.4, -0.2) is 78.4 Å². The maximum absolute atomic E-state index is 12.7. The summed E-state index contributed by atoms with van der Waals surface area (Å²) in [5.41, 5.74) is -0.736. The van der Waals surface area contributed by atoms with Crippen molar-refractivity contribution >= 4 is 11.8 Å². The first-order valence-electron chi connectivity index (χ1n) is 18.2. The quantitative estimate of drug-likeness (QED) is 0.155. The molecule has 2 spiro atoms. The molecule has 8 heterocycles. The summed E-state index contributed by atoms with van der Waals surface area (Å²) in [4.78, 5) is 44.5. The highest BCUT2D eigenvalue weighted by Crippen LogP contribution is 2.63. The Morgan fingerprint density at radius 3 is 1.81 bits per heavy atom. The topological polar surface area (TPSA) is 116 Å². The molecule has 10 rings (SSSR count). The molecule has 0 unspecified atom stereocenters. The van der Waals surface area contributed by atoms with E-state index in [1.807, 2.05) is 13.8 Å². The van der Waals surface area contributed by atoms with E-state index in [0.717, 1.165) is 51.4 Å². The Kier molecular flexibility index (Phi) is 7.90. The number of carbonyl (C=O) groups excluding carboxylic acids is 1. The summed E-state index contributed by atoms with van der Waals surface area (Å²) in [5, 5.41) is 4.58. The van der Waals surface area contributed by atoms with E-state index >= 15 is 0 Å². The second-order valence-corrected chi connectivity index (χ2v) is 16.8. The molecular weight excluding hydrogens is 608 g/mol. The number of hydrogen-bond donors (Lipinski definition) is 0. The molecule has 12 heteroatoms. The number of hydrogen-bond acceptors (Lipinski definition) is 11. The standard InChI is InChI=1S/C35H54N2O10/c1-18-9-11-24-20(3)27(39-29-34(24)22(18)13-15-32(5,41-29)44-46-34)17-26(36-43-31(38)37(7)8)28-21(4)25-12-10-19(2)23-14-16-33(6)42-30(40-28)35(23,25)47-45-33/h18-25,27-30H,9-17H2,1-8H3/b36-26-/t18-,19-,20-,21-,22+,23+,24+,25+,27-,28+,29-,30-,32-,33-,34-,35-/m1/s1. The van der Waals surface area contributed by atoms with Gasteiger partial charge in [-0.05, 0) is 87.9 Å². The van der Waals surface area contributed by atoms with Crippen LogP contribution in [0.25, 0.3) is 0 Å². The van der Waals surface area contributed by atoms with Crippen molar-refractivity contribution in [3.05, 3.63) is 0 Å². The molecule has 2 saturated carbocycles. The number of nitrogens with zero attached hydrogens (tertiary/aromatic N) is 2. The highest BCUT2D eigenvalue weighted by Gasteiger charge is 2.71. The average molecular weight is 663 g/mol. The Morgan fingerprint density at radius 2 is 1.26 bits per heavy atom. The molecule has 47 heavy (non-hydrogen) atoms. The Labute approximate surface area is 278 Å². The van der Waals surface area contributed by atoms with E-state index in [9.17, 15) is 4.79 Å². The van der Waals surface area contributed by atoms with E-state index < -0.39 is 47.6 Å². The van der Waals surface area contributed by atoms with E-state index in [4.69, 9.17) is 43.3 Å². The van der Waals surface area contributed by atoms with E-state index in [0.29, 0.717) is 24.0 Å². The van der Waals surface area contributed by atoms with E-state index in [1.54, 1.807) is 14.1 Å². The fraction of sp³-hybridized carbons (Fsp3) is 0.943. The second-order valence-electron chi connectivity index (χ2n) is 16.8. The van der Waals surface area contributed by atoms with E-state index in [1.165, 1.54) is 4.90 Å². The zero-order valence-corrected chi connectivity index (χ0v) is 29.3. The van der Waals surface area contributed by atoms with Crippen molar-refractivity contribution < 1.29 is 48.1 Å². The van der Waals surface area contributed by atoms with Crippen molar-refractivity contribution in [2.24, 2.45) is 52.5 Å². The van der Waals surface area contributed by atoms with Crippen LogP contribution in [0.5, 0.6) is 0 Å². The molecule has 10 fully saturated rings. The lowest BCUT2D eigenvalue weighted by Crippen LogP contribution is -2.71. The normalized spacial score (nSPS) is 54.9.